The van der Waals surface area contributed by atoms with E-state index >= 15 is 0 Å². The van der Waals surface area contributed by atoms with Gasteiger partial charge in [0.05, 0.1) is 0 Å². The Hall–Kier alpha value is -3.84. The highest BCUT2D eigenvalue weighted by Gasteiger charge is 2.29. The lowest BCUT2D eigenvalue weighted by atomic mass is 10.0. The number of carbonyl (C=O) groups excluding carboxylic acids is 2. The summed E-state index contributed by atoms with van der Waals surface area (Å²) in [6.45, 7) is 1.29. The second kappa shape index (κ2) is 11.0. The monoisotopic (exact) mass is 435 g/mol. The SMILES string of the molecule is CC(=O)c1ccc(NC(=O)O[C@@H](c2ccc(O)cc2)[C@H](CCO)Oc2ccccc2)cc1. The van der Waals surface area contributed by atoms with Gasteiger partial charge < -0.3 is 19.7 Å². The van der Waals surface area contributed by atoms with E-state index in [0.717, 1.165) is 0 Å². The van der Waals surface area contributed by atoms with Crippen molar-refractivity contribution in [2.24, 2.45) is 0 Å². The molecule has 0 aliphatic rings. The topological polar surface area (TPSA) is 105 Å². The molecule has 3 rings (SSSR count). The molecule has 0 spiro atoms. The summed E-state index contributed by atoms with van der Waals surface area (Å²) in [6.07, 6.45) is -2.06. The van der Waals surface area contributed by atoms with Gasteiger partial charge in [-0.2, -0.15) is 0 Å². The summed E-state index contributed by atoms with van der Waals surface area (Å²) in [6, 6.07) is 21.7. The molecule has 7 heteroatoms. The molecule has 3 N–H and O–H groups in total. The smallest absolute Gasteiger partial charge is 0.412 e. The third-order valence-electron chi connectivity index (χ3n) is 4.78. The maximum absolute atomic E-state index is 12.7. The van der Waals surface area contributed by atoms with E-state index in [2.05, 4.69) is 5.32 Å². The molecule has 32 heavy (non-hydrogen) atoms. The molecule has 3 aromatic carbocycles. The van der Waals surface area contributed by atoms with E-state index in [9.17, 15) is 19.8 Å². The summed E-state index contributed by atoms with van der Waals surface area (Å²) in [5.74, 6) is 0.570. The van der Waals surface area contributed by atoms with Crippen molar-refractivity contribution in [3.05, 3.63) is 90.0 Å². The van der Waals surface area contributed by atoms with Crippen molar-refractivity contribution in [1.29, 1.82) is 0 Å². The third kappa shape index (κ3) is 6.33. The Morgan fingerprint density at radius 1 is 0.938 bits per heavy atom. The van der Waals surface area contributed by atoms with Crippen LogP contribution in [-0.4, -0.2) is 34.8 Å². The van der Waals surface area contributed by atoms with Crippen LogP contribution in [0.15, 0.2) is 78.9 Å². The number of Topliss-reactive ketones (excluding diaryl/α,β-unsaturated/α-hetero) is 1. The zero-order chi connectivity index (χ0) is 22.9. The molecule has 0 aliphatic heterocycles. The largest absolute Gasteiger partial charge is 0.508 e. The number of benzene rings is 3. The van der Waals surface area contributed by atoms with E-state index in [1.807, 2.05) is 18.2 Å². The number of hydrogen-bond acceptors (Lipinski definition) is 6. The zero-order valence-electron chi connectivity index (χ0n) is 17.6. The molecular weight excluding hydrogens is 410 g/mol. The van der Waals surface area contributed by atoms with Crippen LogP contribution in [0.3, 0.4) is 0 Å². The van der Waals surface area contributed by atoms with Gasteiger partial charge in [0.2, 0.25) is 0 Å². The van der Waals surface area contributed by atoms with Crippen molar-refractivity contribution in [2.75, 3.05) is 11.9 Å². The molecule has 166 valence electrons. The van der Waals surface area contributed by atoms with Crippen molar-refractivity contribution < 1.29 is 29.3 Å². The second-order valence-corrected chi connectivity index (χ2v) is 7.16. The van der Waals surface area contributed by atoms with Crippen LogP contribution in [0.25, 0.3) is 0 Å². The second-order valence-electron chi connectivity index (χ2n) is 7.16. The summed E-state index contributed by atoms with van der Waals surface area (Å²) < 4.78 is 11.7. The number of nitrogens with one attached hydrogen (secondary N) is 1. The maximum Gasteiger partial charge on any atom is 0.412 e. The third-order valence-corrected chi connectivity index (χ3v) is 4.78. The number of aliphatic hydroxyl groups is 1. The summed E-state index contributed by atoms with van der Waals surface area (Å²) in [4.78, 5) is 24.1. The van der Waals surface area contributed by atoms with E-state index in [4.69, 9.17) is 9.47 Å². The van der Waals surface area contributed by atoms with Gasteiger partial charge >= 0.3 is 6.09 Å². The number of anilines is 1. The van der Waals surface area contributed by atoms with Crippen molar-refractivity contribution in [1.82, 2.24) is 0 Å². The average molecular weight is 435 g/mol. The first-order valence-electron chi connectivity index (χ1n) is 10.2. The average Bonchev–Trinajstić information content (AvgIpc) is 2.79. The van der Waals surface area contributed by atoms with Gasteiger partial charge in [-0.1, -0.05) is 30.3 Å². The Balaban J connectivity index is 1.81. The first-order chi connectivity index (χ1) is 15.5. The van der Waals surface area contributed by atoms with Crippen LogP contribution in [0, 0.1) is 0 Å². The molecule has 0 aromatic heterocycles. The molecule has 0 fully saturated rings. The van der Waals surface area contributed by atoms with Gasteiger partial charge in [0.15, 0.2) is 11.9 Å². The molecule has 0 radical (unpaired) electrons. The van der Waals surface area contributed by atoms with E-state index in [1.165, 1.54) is 19.1 Å². The molecule has 0 unspecified atom stereocenters. The Labute approximate surface area is 186 Å². The van der Waals surface area contributed by atoms with Crippen molar-refractivity contribution in [3.63, 3.8) is 0 Å². The van der Waals surface area contributed by atoms with Gasteiger partial charge in [-0.3, -0.25) is 10.1 Å². The minimum Gasteiger partial charge on any atom is -0.508 e. The van der Waals surface area contributed by atoms with Gasteiger partial charge in [0, 0.05) is 24.3 Å². The number of amides is 1. The Morgan fingerprint density at radius 2 is 1.59 bits per heavy atom. The Kier molecular flexibility index (Phi) is 7.83. The molecule has 0 bridgehead atoms. The first-order valence-corrected chi connectivity index (χ1v) is 10.2. The molecule has 1 amide bonds. The fraction of sp³-hybridized carbons (Fsp3) is 0.200. The lowest BCUT2D eigenvalue weighted by molar-refractivity contribution is 0.00907. The highest BCUT2D eigenvalue weighted by atomic mass is 16.6. The molecule has 7 nitrogen and oxygen atoms in total. The fourth-order valence-corrected chi connectivity index (χ4v) is 3.15. The summed E-state index contributed by atoms with van der Waals surface area (Å²) in [5, 5.41) is 21.9. The van der Waals surface area contributed by atoms with Crippen LogP contribution in [0.5, 0.6) is 11.5 Å². The minimum absolute atomic E-state index is 0.0728. The molecular formula is C25H25NO6. The lowest BCUT2D eigenvalue weighted by Crippen LogP contribution is -2.31. The predicted molar refractivity (Wildman–Crippen MR) is 120 cm³/mol. The predicted octanol–water partition coefficient (Wildman–Crippen LogP) is 4.71. The van der Waals surface area contributed by atoms with E-state index < -0.39 is 18.3 Å². The number of ether oxygens (including phenoxy) is 2. The number of phenolic OH excluding ortho intramolecular Hbond substituents is 1. The van der Waals surface area contributed by atoms with E-state index in [0.29, 0.717) is 22.6 Å². The number of rotatable bonds is 9. The molecule has 2 atom stereocenters. The quantitative estimate of drug-likeness (QED) is 0.420. The molecule has 0 heterocycles. The van der Waals surface area contributed by atoms with Crippen LogP contribution in [0.1, 0.15) is 35.4 Å². The normalized spacial score (nSPS) is 12.4. The molecule has 0 saturated heterocycles. The summed E-state index contributed by atoms with van der Waals surface area (Å²) >= 11 is 0. The maximum atomic E-state index is 12.7. The van der Waals surface area contributed by atoms with Crippen LogP contribution in [0.4, 0.5) is 10.5 Å². The lowest BCUT2D eigenvalue weighted by Gasteiger charge is -2.28. The highest BCUT2D eigenvalue weighted by molar-refractivity contribution is 5.95. The fourth-order valence-electron chi connectivity index (χ4n) is 3.15. The van der Waals surface area contributed by atoms with Gasteiger partial charge in [0.25, 0.3) is 0 Å². The number of phenols is 1. The molecule has 0 saturated carbocycles. The molecule has 3 aromatic rings. The minimum atomic E-state index is -0.862. The van der Waals surface area contributed by atoms with Crippen LogP contribution in [-0.2, 0) is 4.74 Å². The number of aliphatic hydroxyl groups excluding tert-OH is 1. The van der Waals surface area contributed by atoms with Gasteiger partial charge in [-0.25, -0.2) is 4.79 Å². The van der Waals surface area contributed by atoms with Crippen LogP contribution < -0.4 is 10.1 Å². The van der Waals surface area contributed by atoms with Gasteiger partial charge in [-0.15, -0.1) is 0 Å². The number of para-hydroxylation sites is 1. The highest BCUT2D eigenvalue weighted by Crippen LogP contribution is 2.29. The van der Waals surface area contributed by atoms with Gasteiger partial charge in [-0.05, 0) is 61.0 Å². The first kappa shape index (κ1) is 22.8. The van der Waals surface area contributed by atoms with Crippen molar-refractivity contribution in [2.45, 2.75) is 25.6 Å². The number of hydrogen-bond donors (Lipinski definition) is 3. The van der Waals surface area contributed by atoms with Crippen LogP contribution >= 0.6 is 0 Å². The Bertz CT molecular complexity index is 1020. The number of carbonyl (C=O) groups is 2. The number of ketones is 1. The Morgan fingerprint density at radius 3 is 2.19 bits per heavy atom. The van der Waals surface area contributed by atoms with E-state index in [1.54, 1.807) is 48.5 Å². The number of aromatic hydroxyl groups is 1. The van der Waals surface area contributed by atoms with Crippen LogP contribution in [0.2, 0.25) is 0 Å². The van der Waals surface area contributed by atoms with Crippen molar-refractivity contribution in [3.8, 4) is 11.5 Å². The van der Waals surface area contributed by atoms with Gasteiger partial charge in [0.1, 0.15) is 17.6 Å². The summed E-state index contributed by atoms with van der Waals surface area (Å²) in [7, 11) is 0. The van der Waals surface area contributed by atoms with E-state index in [-0.39, 0.29) is 24.6 Å². The summed E-state index contributed by atoms with van der Waals surface area (Å²) in [5.41, 5.74) is 1.59. The standard InChI is InChI=1S/C25H25NO6/c1-17(28)18-7-11-20(12-8-18)26-25(30)32-24(19-9-13-21(29)14-10-19)23(15-16-27)31-22-5-3-2-4-6-22/h2-14,23-24,27,29H,15-16H2,1H3,(H,26,30)/t23-,24-/m0/s1. The van der Waals surface area contributed by atoms with Crippen molar-refractivity contribution >= 4 is 17.6 Å². The molecule has 0 aliphatic carbocycles. The zero-order valence-corrected chi connectivity index (χ0v) is 17.6.